The minimum atomic E-state index is -3.57. The van der Waals surface area contributed by atoms with E-state index in [4.69, 9.17) is 10.8 Å². The molecule has 0 fully saturated rings. The zero-order chi connectivity index (χ0) is 13.6. The van der Waals surface area contributed by atoms with E-state index in [0.29, 0.717) is 5.56 Å². The summed E-state index contributed by atoms with van der Waals surface area (Å²) >= 11 is 0. The average Bonchev–Trinajstić information content (AvgIpc) is 2.37. The number of hydrogen-bond donors (Lipinski definition) is 2. The molecule has 0 bridgehead atoms. The maximum atomic E-state index is 12.1. The maximum Gasteiger partial charge on any atom is 0.242 e. The van der Waals surface area contributed by atoms with E-state index in [1.807, 2.05) is 0 Å². The zero-order valence-corrected chi connectivity index (χ0v) is 10.9. The Morgan fingerprint density at radius 1 is 1.44 bits per heavy atom. The highest BCUT2D eigenvalue weighted by Gasteiger charge is 2.19. The Balaban J connectivity index is 3.10. The number of aliphatic hydroxyl groups is 1. The lowest BCUT2D eigenvalue weighted by Gasteiger charge is -2.15. The molecular formula is C12H16N2O3S. The van der Waals surface area contributed by atoms with Crippen molar-refractivity contribution in [1.29, 1.82) is 0 Å². The third-order valence-electron chi connectivity index (χ3n) is 2.29. The minimum absolute atomic E-state index is 0.0566. The molecule has 6 heteroatoms. The van der Waals surface area contributed by atoms with Crippen molar-refractivity contribution < 1.29 is 13.5 Å². The van der Waals surface area contributed by atoms with Crippen molar-refractivity contribution in [3.63, 3.8) is 0 Å². The van der Waals surface area contributed by atoms with Crippen LogP contribution in [0.25, 0.3) is 0 Å². The number of nitrogens with two attached hydrogens (primary N) is 1. The van der Waals surface area contributed by atoms with E-state index < -0.39 is 10.0 Å². The fourth-order valence-electron chi connectivity index (χ4n) is 1.33. The van der Waals surface area contributed by atoms with Gasteiger partial charge in [-0.1, -0.05) is 17.9 Å². The van der Waals surface area contributed by atoms with Gasteiger partial charge in [0.2, 0.25) is 10.0 Å². The van der Waals surface area contributed by atoms with Crippen molar-refractivity contribution in [2.75, 3.05) is 26.7 Å². The molecule has 0 saturated heterocycles. The van der Waals surface area contributed by atoms with Gasteiger partial charge in [0.05, 0.1) is 18.0 Å². The Labute approximate surface area is 107 Å². The number of benzene rings is 1. The largest absolute Gasteiger partial charge is 0.395 e. The van der Waals surface area contributed by atoms with Gasteiger partial charge < -0.3 is 10.8 Å². The first-order valence-corrected chi connectivity index (χ1v) is 6.82. The van der Waals surface area contributed by atoms with Crippen molar-refractivity contribution in [2.24, 2.45) is 5.73 Å². The second-order valence-electron chi connectivity index (χ2n) is 3.58. The summed E-state index contributed by atoms with van der Waals surface area (Å²) in [4.78, 5) is 0.155. The van der Waals surface area contributed by atoms with Crippen LogP contribution < -0.4 is 5.73 Å². The van der Waals surface area contributed by atoms with E-state index in [1.54, 1.807) is 12.1 Å². The molecule has 98 valence electrons. The van der Waals surface area contributed by atoms with Gasteiger partial charge in [-0.05, 0) is 18.2 Å². The second kappa shape index (κ2) is 6.52. The van der Waals surface area contributed by atoms with E-state index in [9.17, 15) is 8.42 Å². The van der Waals surface area contributed by atoms with Crippen LogP contribution >= 0.6 is 0 Å². The molecule has 1 aromatic carbocycles. The van der Waals surface area contributed by atoms with Gasteiger partial charge in [0.1, 0.15) is 0 Å². The summed E-state index contributed by atoms with van der Waals surface area (Å²) in [5.41, 5.74) is 5.86. The minimum Gasteiger partial charge on any atom is -0.395 e. The summed E-state index contributed by atoms with van der Waals surface area (Å²) in [6.45, 7) is 0.0603. The molecule has 0 aliphatic carbocycles. The van der Waals surface area contributed by atoms with Crippen LogP contribution in [-0.4, -0.2) is 44.6 Å². The van der Waals surface area contributed by atoms with Crippen molar-refractivity contribution in [2.45, 2.75) is 4.90 Å². The predicted molar refractivity (Wildman–Crippen MR) is 69.3 cm³/mol. The van der Waals surface area contributed by atoms with Crippen molar-refractivity contribution in [3.8, 4) is 11.8 Å². The van der Waals surface area contributed by atoms with Crippen LogP contribution in [0.15, 0.2) is 29.2 Å². The number of aliphatic hydroxyl groups excluding tert-OH is 1. The molecule has 18 heavy (non-hydrogen) atoms. The Morgan fingerprint density at radius 2 is 2.17 bits per heavy atom. The molecule has 1 rings (SSSR count). The molecule has 3 N–H and O–H groups in total. The van der Waals surface area contributed by atoms with E-state index in [-0.39, 0.29) is 24.6 Å². The van der Waals surface area contributed by atoms with E-state index >= 15 is 0 Å². The molecule has 0 saturated carbocycles. The summed E-state index contributed by atoms with van der Waals surface area (Å²) < 4.78 is 25.3. The van der Waals surface area contributed by atoms with Gasteiger partial charge in [0, 0.05) is 19.2 Å². The molecule has 0 aromatic heterocycles. The number of nitrogens with zero attached hydrogens (tertiary/aromatic N) is 1. The molecule has 0 aliphatic heterocycles. The topological polar surface area (TPSA) is 83.6 Å². The van der Waals surface area contributed by atoms with Gasteiger partial charge in [-0.2, -0.15) is 4.31 Å². The normalized spacial score (nSPS) is 11.1. The van der Waals surface area contributed by atoms with Gasteiger partial charge >= 0.3 is 0 Å². The molecule has 0 radical (unpaired) electrons. The van der Waals surface area contributed by atoms with Gasteiger partial charge in [-0.25, -0.2) is 8.42 Å². The second-order valence-corrected chi connectivity index (χ2v) is 5.63. The Morgan fingerprint density at radius 3 is 2.78 bits per heavy atom. The van der Waals surface area contributed by atoms with E-state index in [2.05, 4.69) is 11.8 Å². The number of rotatable bonds is 4. The SMILES string of the molecule is CN(CCO)S(=O)(=O)c1cccc(C#CCN)c1. The lowest BCUT2D eigenvalue weighted by atomic mass is 10.2. The fourth-order valence-corrected chi connectivity index (χ4v) is 2.54. The summed E-state index contributed by atoms with van der Waals surface area (Å²) in [6, 6.07) is 6.33. The molecular weight excluding hydrogens is 252 g/mol. The molecule has 5 nitrogen and oxygen atoms in total. The maximum absolute atomic E-state index is 12.1. The van der Waals surface area contributed by atoms with Gasteiger partial charge in [-0.15, -0.1) is 0 Å². The number of hydrogen-bond acceptors (Lipinski definition) is 4. The van der Waals surface area contributed by atoms with Crippen LogP contribution in [-0.2, 0) is 10.0 Å². The molecule has 1 aromatic rings. The van der Waals surface area contributed by atoms with Crippen LogP contribution in [0.5, 0.6) is 0 Å². The highest BCUT2D eigenvalue weighted by Crippen LogP contribution is 2.15. The van der Waals surface area contributed by atoms with Crippen LogP contribution in [0.1, 0.15) is 5.56 Å². The van der Waals surface area contributed by atoms with Crippen molar-refractivity contribution >= 4 is 10.0 Å². The van der Waals surface area contributed by atoms with Crippen molar-refractivity contribution in [1.82, 2.24) is 4.31 Å². The first-order valence-electron chi connectivity index (χ1n) is 5.38. The van der Waals surface area contributed by atoms with Crippen LogP contribution in [0, 0.1) is 11.8 Å². The number of likely N-dealkylation sites (N-methyl/N-ethyl adjacent to an activating group) is 1. The van der Waals surface area contributed by atoms with Gasteiger partial charge in [-0.3, -0.25) is 0 Å². The standard InChI is InChI=1S/C12H16N2O3S/c1-14(8-9-15)18(16,17)12-6-2-4-11(10-12)5-3-7-13/h2,4,6,10,15H,7-9,13H2,1H3. The average molecular weight is 268 g/mol. The van der Waals surface area contributed by atoms with Crippen molar-refractivity contribution in [3.05, 3.63) is 29.8 Å². The summed E-state index contributed by atoms with van der Waals surface area (Å²) in [6.07, 6.45) is 0. The summed E-state index contributed by atoms with van der Waals surface area (Å²) in [7, 11) is -2.15. The molecule has 0 aliphatic rings. The molecule has 0 unspecified atom stereocenters. The Bertz CT molecular complexity index is 558. The van der Waals surface area contributed by atoms with Crippen LogP contribution in [0.2, 0.25) is 0 Å². The van der Waals surface area contributed by atoms with Gasteiger partial charge in [0.25, 0.3) is 0 Å². The highest BCUT2D eigenvalue weighted by atomic mass is 32.2. The van der Waals surface area contributed by atoms with Crippen LogP contribution in [0.3, 0.4) is 0 Å². The monoisotopic (exact) mass is 268 g/mol. The first-order chi connectivity index (χ1) is 8.52. The highest BCUT2D eigenvalue weighted by molar-refractivity contribution is 7.89. The molecule has 0 amide bonds. The smallest absolute Gasteiger partial charge is 0.242 e. The molecule has 0 heterocycles. The molecule has 0 spiro atoms. The lowest BCUT2D eigenvalue weighted by molar-refractivity contribution is 0.266. The fraction of sp³-hybridized carbons (Fsp3) is 0.333. The third kappa shape index (κ3) is 3.55. The lowest BCUT2D eigenvalue weighted by Crippen LogP contribution is -2.29. The quantitative estimate of drug-likeness (QED) is 0.728. The number of sulfonamides is 1. The first kappa shape index (κ1) is 14.7. The van der Waals surface area contributed by atoms with E-state index in [1.165, 1.54) is 19.2 Å². The summed E-state index contributed by atoms with van der Waals surface area (Å²) in [5, 5.41) is 8.78. The molecule has 0 atom stereocenters. The predicted octanol–water partition coefficient (Wildman–Crippen LogP) is -0.390. The summed E-state index contributed by atoms with van der Waals surface area (Å²) in [5.74, 6) is 5.45. The zero-order valence-electron chi connectivity index (χ0n) is 10.1. The Hall–Kier alpha value is -1.39. The Kier molecular flexibility index (Phi) is 5.31. The van der Waals surface area contributed by atoms with Gasteiger partial charge in [0.15, 0.2) is 0 Å². The van der Waals surface area contributed by atoms with E-state index in [0.717, 1.165) is 4.31 Å². The third-order valence-corrected chi connectivity index (χ3v) is 4.14. The van der Waals surface area contributed by atoms with Crippen LogP contribution in [0.4, 0.5) is 0 Å².